The van der Waals surface area contributed by atoms with Gasteiger partial charge in [-0.15, -0.1) is 5.10 Å². The van der Waals surface area contributed by atoms with Crippen LogP contribution in [0.1, 0.15) is 18.5 Å². The predicted octanol–water partition coefficient (Wildman–Crippen LogP) is 4.93. The Kier molecular flexibility index (Phi) is 5.73. The number of nitrogens with zero attached hydrogens (tertiary/aromatic N) is 4. The molecule has 0 saturated heterocycles. The highest BCUT2D eigenvalue weighted by molar-refractivity contribution is 6.33. The smallest absolute Gasteiger partial charge is 0.255 e. The van der Waals surface area contributed by atoms with Crippen LogP contribution in [0.5, 0.6) is 5.75 Å². The zero-order valence-electron chi connectivity index (χ0n) is 18.5. The van der Waals surface area contributed by atoms with Crippen molar-refractivity contribution in [1.29, 1.82) is 0 Å². The number of hydrogen-bond donors (Lipinski definition) is 2. The summed E-state index contributed by atoms with van der Waals surface area (Å²) in [5.41, 5.74) is 3.29. The minimum atomic E-state index is -0.530. The molecule has 1 amide bonds. The van der Waals surface area contributed by atoms with Gasteiger partial charge < -0.3 is 15.4 Å². The van der Waals surface area contributed by atoms with E-state index in [0.717, 1.165) is 5.56 Å². The first kappa shape index (κ1) is 21.7. The summed E-state index contributed by atoms with van der Waals surface area (Å²) in [7, 11) is 1.56. The van der Waals surface area contributed by atoms with E-state index in [1.165, 1.54) is 0 Å². The van der Waals surface area contributed by atoms with Crippen molar-refractivity contribution in [3.63, 3.8) is 0 Å². The maximum atomic E-state index is 13.6. The highest BCUT2D eigenvalue weighted by Crippen LogP contribution is 2.38. The van der Waals surface area contributed by atoms with Gasteiger partial charge >= 0.3 is 0 Å². The van der Waals surface area contributed by atoms with Gasteiger partial charge in [0.15, 0.2) is 5.82 Å². The Morgan fingerprint density at radius 1 is 1.09 bits per heavy atom. The molecule has 0 bridgehead atoms. The van der Waals surface area contributed by atoms with Crippen molar-refractivity contribution in [2.75, 3.05) is 17.7 Å². The topological polar surface area (TPSA) is 94.0 Å². The van der Waals surface area contributed by atoms with E-state index in [1.54, 1.807) is 42.4 Å². The molecule has 0 spiro atoms. The van der Waals surface area contributed by atoms with E-state index in [2.05, 4.69) is 20.6 Å². The van der Waals surface area contributed by atoms with Gasteiger partial charge in [-0.1, -0.05) is 35.9 Å². The molecule has 4 aromatic rings. The number of benzene rings is 2. The summed E-state index contributed by atoms with van der Waals surface area (Å²) >= 11 is 6.40. The Hall–Kier alpha value is -4.17. The van der Waals surface area contributed by atoms with Crippen LogP contribution in [0.25, 0.3) is 11.4 Å². The van der Waals surface area contributed by atoms with Gasteiger partial charge in [0.2, 0.25) is 5.95 Å². The third-order valence-electron chi connectivity index (χ3n) is 5.59. The lowest BCUT2D eigenvalue weighted by atomic mass is 9.96. The summed E-state index contributed by atoms with van der Waals surface area (Å²) in [4.78, 5) is 22.4. The molecule has 0 unspecified atom stereocenters. The number of rotatable bonds is 5. The van der Waals surface area contributed by atoms with Crippen molar-refractivity contribution in [3.05, 3.63) is 94.9 Å². The number of halogens is 1. The zero-order valence-corrected chi connectivity index (χ0v) is 19.2. The summed E-state index contributed by atoms with van der Waals surface area (Å²) in [6, 6.07) is 17.8. The SMILES string of the molecule is COc1ccccc1NC(=O)C1=C(C)Nc2nc(-c3ccccc3Cl)nn2[C@H]1c1ccncc1. The number of carbonyl (C=O) groups excluding carboxylic acids is 1. The Morgan fingerprint density at radius 2 is 1.82 bits per heavy atom. The molecule has 0 saturated carbocycles. The van der Waals surface area contributed by atoms with Crippen LogP contribution in [-0.4, -0.2) is 32.8 Å². The number of fused-ring (bicyclic) bond motifs is 1. The number of methoxy groups -OCH3 is 1. The van der Waals surface area contributed by atoms with Crippen LogP contribution in [0.2, 0.25) is 5.02 Å². The number of ether oxygens (including phenoxy) is 1. The van der Waals surface area contributed by atoms with Crippen molar-refractivity contribution < 1.29 is 9.53 Å². The first-order valence-corrected chi connectivity index (χ1v) is 11.0. The molecular weight excluding hydrogens is 452 g/mol. The average Bonchev–Trinajstić information content (AvgIpc) is 3.27. The van der Waals surface area contributed by atoms with Gasteiger partial charge in [0.25, 0.3) is 5.91 Å². The number of anilines is 2. The van der Waals surface area contributed by atoms with Crippen molar-refractivity contribution >= 4 is 29.1 Å². The van der Waals surface area contributed by atoms with Crippen molar-refractivity contribution in [1.82, 2.24) is 19.7 Å². The Balaban J connectivity index is 1.60. The average molecular weight is 473 g/mol. The van der Waals surface area contributed by atoms with Gasteiger partial charge in [-0.25, -0.2) is 4.68 Å². The number of hydrogen-bond acceptors (Lipinski definition) is 6. The van der Waals surface area contributed by atoms with Crippen molar-refractivity contribution in [3.8, 4) is 17.1 Å². The monoisotopic (exact) mass is 472 g/mol. The number of allylic oxidation sites excluding steroid dienone is 1. The van der Waals surface area contributed by atoms with Gasteiger partial charge in [0.1, 0.15) is 11.8 Å². The van der Waals surface area contributed by atoms with Crippen LogP contribution in [0.15, 0.2) is 84.3 Å². The largest absolute Gasteiger partial charge is 0.495 e. The molecule has 3 heterocycles. The normalized spacial score (nSPS) is 14.9. The van der Waals surface area contributed by atoms with E-state index in [-0.39, 0.29) is 5.91 Å². The lowest BCUT2D eigenvalue weighted by Gasteiger charge is -2.28. The molecule has 0 fully saturated rings. The number of aromatic nitrogens is 4. The Bertz CT molecular complexity index is 1400. The first-order valence-electron chi connectivity index (χ1n) is 10.6. The Labute approximate surface area is 201 Å². The van der Waals surface area contributed by atoms with Gasteiger partial charge in [0.05, 0.1) is 23.4 Å². The fourth-order valence-corrected chi connectivity index (χ4v) is 4.21. The zero-order chi connectivity index (χ0) is 23.7. The highest BCUT2D eigenvalue weighted by atomic mass is 35.5. The van der Waals surface area contributed by atoms with Crippen LogP contribution in [0, 0.1) is 0 Å². The third kappa shape index (κ3) is 3.88. The summed E-state index contributed by atoms with van der Waals surface area (Å²) in [6.07, 6.45) is 3.38. The summed E-state index contributed by atoms with van der Waals surface area (Å²) < 4.78 is 7.10. The van der Waals surface area contributed by atoms with E-state index in [1.807, 2.05) is 49.4 Å². The lowest BCUT2D eigenvalue weighted by molar-refractivity contribution is -0.113. The molecule has 170 valence electrons. The molecule has 34 heavy (non-hydrogen) atoms. The van der Waals surface area contributed by atoms with Crippen molar-refractivity contribution in [2.24, 2.45) is 0 Å². The standard InChI is InChI=1S/C25H21ClN6O2/c1-15-21(24(33)29-19-9-5-6-10-20(19)34-2)22(16-11-13-27-14-12-16)32-25(28-15)30-23(31-32)17-7-3-4-8-18(17)26/h3-14,22H,1-2H3,(H,29,33)(H,28,30,31)/t22-/m0/s1. The van der Waals surface area contributed by atoms with Crippen LogP contribution in [0.4, 0.5) is 11.6 Å². The number of amides is 1. The molecule has 1 aliphatic heterocycles. The third-order valence-corrected chi connectivity index (χ3v) is 5.92. The van der Waals surface area contributed by atoms with E-state index < -0.39 is 6.04 Å². The second kappa shape index (κ2) is 8.99. The second-order valence-electron chi connectivity index (χ2n) is 7.68. The first-order chi connectivity index (χ1) is 16.6. The predicted molar refractivity (Wildman–Crippen MR) is 131 cm³/mol. The number of pyridine rings is 1. The Morgan fingerprint density at radius 3 is 2.59 bits per heavy atom. The number of para-hydroxylation sites is 2. The molecule has 0 aliphatic carbocycles. The van der Waals surface area contributed by atoms with Crippen LogP contribution in [0.3, 0.4) is 0 Å². The molecule has 9 heteroatoms. The van der Waals surface area contributed by atoms with Crippen LogP contribution < -0.4 is 15.4 Å². The molecule has 2 aromatic carbocycles. The fourth-order valence-electron chi connectivity index (χ4n) is 3.99. The lowest BCUT2D eigenvalue weighted by Crippen LogP contribution is -2.31. The fraction of sp³-hybridized carbons (Fsp3) is 0.120. The number of nitrogens with one attached hydrogen (secondary N) is 2. The van der Waals surface area contributed by atoms with E-state index >= 15 is 0 Å². The summed E-state index contributed by atoms with van der Waals surface area (Å²) in [5, 5.41) is 11.5. The van der Waals surface area contributed by atoms with Gasteiger partial charge in [-0.3, -0.25) is 9.78 Å². The molecule has 2 aromatic heterocycles. The molecule has 5 rings (SSSR count). The van der Waals surface area contributed by atoms with E-state index in [4.69, 9.17) is 21.4 Å². The van der Waals surface area contributed by atoms with Gasteiger partial charge in [-0.2, -0.15) is 4.98 Å². The highest BCUT2D eigenvalue weighted by Gasteiger charge is 2.35. The van der Waals surface area contributed by atoms with E-state index in [0.29, 0.717) is 45.1 Å². The quantitative estimate of drug-likeness (QED) is 0.427. The summed E-state index contributed by atoms with van der Waals surface area (Å²) in [5.74, 6) is 1.27. The van der Waals surface area contributed by atoms with E-state index in [9.17, 15) is 4.79 Å². The molecular formula is C25H21ClN6O2. The van der Waals surface area contributed by atoms with Gasteiger partial charge in [0, 0.05) is 23.7 Å². The molecule has 8 nitrogen and oxygen atoms in total. The molecule has 0 radical (unpaired) electrons. The molecule has 1 atom stereocenters. The van der Waals surface area contributed by atoms with Crippen LogP contribution >= 0.6 is 11.6 Å². The summed E-state index contributed by atoms with van der Waals surface area (Å²) in [6.45, 7) is 1.85. The van der Waals surface area contributed by atoms with Crippen molar-refractivity contribution in [2.45, 2.75) is 13.0 Å². The minimum absolute atomic E-state index is 0.281. The van der Waals surface area contributed by atoms with Crippen LogP contribution in [-0.2, 0) is 4.79 Å². The maximum absolute atomic E-state index is 13.6. The second-order valence-corrected chi connectivity index (χ2v) is 8.09. The molecule has 2 N–H and O–H groups in total. The number of carbonyl (C=O) groups is 1. The maximum Gasteiger partial charge on any atom is 0.255 e. The minimum Gasteiger partial charge on any atom is -0.495 e. The molecule has 1 aliphatic rings. The van der Waals surface area contributed by atoms with Gasteiger partial charge in [-0.05, 0) is 48.9 Å².